The molecule has 1 fully saturated rings. The average Bonchev–Trinajstić information content (AvgIpc) is 2.47. The van der Waals surface area contributed by atoms with Gasteiger partial charge in [0.25, 0.3) is 0 Å². The van der Waals surface area contributed by atoms with E-state index in [2.05, 4.69) is 18.2 Å². The van der Waals surface area contributed by atoms with Gasteiger partial charge in [-0.05, 0) is 61.1 Å². The van der Waals surface area contributed by atoms with Crippen LogP contribution in [-0.4, -0.2) is 0 Å². The highest BCUT2D eigenvalue weighted by atomic mass is 14.7. The molecular formula is C17H25N. The molecule has 98 valence electrons. The molecule has 0 amide bonds. The van der Waals surface area contributed by atoms with Crippen molar-refractivity contribution in [2.24, 2.45) is 11.7 Å². The molecule has 0 spiro atoms. The number of benzene rings is 1. The lowest BCUT2D eigenvalue weighted by molar-refractivity contribution is 0.308. The molecule has 0 bridgehead atoms. The van der Waals surface area contributed by atoms with Crippen LogP contribution in [0.1, 0.15) is 67.7 Å². The van der Waals surface area contributed by atoms with Crippen molar-refractivity contribution >= 4 is 0 Å². The Morgan fingerprint density at radius 1 is 0.889 bits per heavy atom. The topological polar surface area (TPSA) is 26.0 Å². The summed E-state index contributed by atoms with van der Waals surface area (Å²) in [5.41, 5.74) is 11.0. The summed E-state index contributed by atoms with van der Waals surface area (Å²) in [5, 5.41) is 0. The molecule has 2 aliphatic rings. The van der Waals surface area contributed by atoms with Crippen LogP contribution >= 0.6 is 0 Å². The molecule has 0 aromatic heterocycles. The molecule has 1 heteroatoms. The monoisotopic (exact) mass is 243 g/mol. The van der Waals surface area contributed by atoms with E-state index in [1.54, 1.807) is 11.1 Å². The van der Waals surface area contributed by atoms with Crippen LogP contribution in [0.5, 0.6) is 0 Å². The average molecular weight is 243 g/mol. The summed E-state index contributed by atoms with van der Waals surface area (Å²) >= 11 is 0. The van der Waals surface area contributed by atoms with E-state index >= 15 is 0 Å². The summed E-state index contributed by atoms with van der Waals surface area (Å²) in [6.07, 6.45) is 12.1. The van der Waals surface area contributed by atoms with Gasteiger partial charge in [0.15, 0.2) is 0 Å². The third kappa shape index (κ3) is 2.47. The van der Waals surface area contributed by atoms with E-state index in [1.807, 2.05) is 0 Å². The maximum atomic E-state index is 6.50. The highest BCUT2D eigenvalue weighted by Crippen LogP contribution is 2.34. The zero-order chi connectivity index (χ0) is 12.4. The van der Waals surface area contributed by atoms with Gasteiger partial charge in [0.05, 0.1) is 0 Å². The molecule has 0 heterocycles. The van der Waals surface area contributed by atoms with Crippen LogP contribution in [0.2, 0.25) is 0 Å². The minimum atomic E-state index is 0.275. The van der Waals surface area contributed by atoms with Crippen LogP contribution in [0.25, 0.3) is 0 Å². The first kappa shape index (κ1) is 12.2. The van der Waals surface area contributed by atoms with Gasteiger partial charge in [-0.3, -0.25) is 0 Å². The summed E-state index contributed by atoms with van der Waals surface area (Å²) in [4.78, 5) is 0. The van der Waals surface area contributed by atoms with Crippen molar-refractivity contribution in [3.05, 3.63) is 34.9 Å². The van der Waals surface area contributed by atoms with Crippen LogP contribution < -0.4 is 5.73 Å². The minimum Gasteiger partial charge on any atom is -0.324 e. The van der Waals surface area contributed by atoms with Crippen molar-refractivity contribution in [3.8, 4) is 0 Å². The van der Waals surface area contributed by atoms with Gasteiger partial charge in [0, 0.05) is 6.04 Å². The number of nitrogens with two attached hydrogens (primary N) is 1. The molecule has 1 nitrogen and oxygen atoms in total. The van der Waals surface area contributed by atoms with Crippen molar-refractivity contribution in [2.75, 3.05) is 0 Å². The van der Waals surface area contributed by atoms with Gasteiger partial charge < -0.3 is 5.73 Å². The summed E-state index contributed by atoms with van der Waals surface area (Å²) < 4.78 is 0. The van der Waals surface area contributed by atoms with Gasteiger partial charge >= 0.3 is 0 Å². The Morgan fingerprint density at radius 2 is 1.61 bits per heavy atom. The minimum absolute atomic E-state index is 0.275. The predicted octanol–water partition coefficient (Wildman–Crippen LogP) is 4.15. The van der Waals surface area contributed by atoms with Gasteiger partial charge in [-0.1, -0.05) is 37.5 Å². The number of hydrogen-bond donors (Lipinski definition) is 1. The lowest BCUT2D eigenvalue weighted by Crippen LogP contribution is -2.23. The van der Waals surface area contributed by atoms with Gasteiger partial charge in [-0.2, -0.15) is 0 Å². The summed E-state index contributed by atoms with van der Waals surface area (Å²) in [6, 6.07) is 7.32. The van der Waals surface area contributed by atoms with Crippen molar-refractivity contribution < 1.29 is 0 Å². The fraction of sp³-hybridized carbons (Fsp3) is 0.647. The highest BCUT2D eigenvalue weighted by Gasteiger charge is 2.22. The normalized spacial score (nSPS) is 22.5. The third-order valence-corrected chi connectivity index (χ3v) is 4.92. The van der Waals surface area contributed by atoms with E-state index in [0.29, 0.717) is 0 Å². The maximum Gasteiger partial charge on any atom is 0.0323 e. The first-order chi connectivity index (χ1) is 8.84. The SMILES string of the molecule is NC(c1ccc2c(c1)CCCC2)C1CCCCC1. The van der Waals surface area contributed by atoms with Crippen molar-refractivity contribution in [1.82, 2.24) is 0 Å². The second-order valence-corrected chi connectivity index (χ2v) is 6.16. The van der Waals surface area contributed by atoms with Crippen LogP contribution in [0.15, 0.2) is 18.2 Å². The maximum absolute atomic E-state index is 6.50. The standard InChI is InChI=1S/C17H25N/c18-17(14-7-2-1-3-8-14)16-11-10-13-6-4-5-9-15(13)12-16/h10-12,14,17H,1-9,18H2. The molecule has 3 rings (SSSR count). The molecular weight excluding hydrogens is 218 g/mol. The lowest BCUT2D eigenvalue weighted by atomic mass is 9.80. The zero-order valence-electron chi connectivity index (χ0n) is 11.3. The van der Waals surface area contributed by atoms with E-state index in [1.165, 1.54) is 63.4 Å². The van der Waals surface area contributed by atoms with Gasteiger partial charge in [-0.25, -0.2) is 0 Å². The molecule has 2 N–H and O–H groups in total. The first-order valence-electron chi connectivity index (χ1n) is 7.72. The fourth-order valence-corrected chi connectivity index (χ4v) is 3.73. The highest BCUT2D eigenvalue weighted by molar-refractivity contribution is 5.35. The molecule has 0 aliphatic heterocycles. The summed E-state index contributed by atoms with van der Waals surface area (Å²) in [7, 11) is 0. The number of hydrogen-bond acceptors (Lipinski definition) is 1. The van der Waals surface area contributed by atoms with E-state index < -0.39 is 0 Å². The van der Waals surface area contributed by atoms with E-state index in [4.69, 9.17) is 5.73 Å². The quantitative estimate of drug-likeness (QED) is 0.830. The Morgan fingerprint density at radius 3 is 2.39 bits per heavy atom. The number of aryl methyl sites for hydroxylation is 2. The first-order valence-corrected chi connectivity index (χ1v) is 7.72. The second-order valence-electron chi connectivity index (χ2n) is 6.16. The largest absolute Gasteiger partial charge is 0.324 e. The molecule has 18 heavy (non-hydrogen) atoms. The molecule has 1 aromatic carbocycles. The van der Waals surface area contributed by atoms with E-state index in [-0.39, 0.29) is 6.04 Å². The van der Waals surface area contributed by atoms with Gasteiger partial charge in [-0.15, -0.1) is 0 Å². The molecule has 2 aliphatic carbocycles. The molecule has 0 radical (unpaired) electrons. The van der Waals surface area contributed by atoms with Crippen LogP contribution in [0, 0.1) is 5.92 Å². The Hall–Kier alpha value is -0.820. The Balaban J connectivity index is 1.78. The summed E-state index contributed by atoms with van der Waals surface area (Å²) in [6.45, 7) is 0. The zero-order valence-corrected chi connectivity index (χ0v) is 11.3. The van der Waals surface area contributed by atoms with Crippen LogP contribution in [0.3, 0.4) is 0 Å². The second kappa shape index (κ2) is 5.44. The predicted molar refractivity (Wildman–Crippen MR) is 76.6 cm³/mol. The van der Waals surface area contributed by atoms with E-state index in [0.717, 1.165) is 5.92 Å². The molecule has 1 unspecified atom stereocenters. The van der Waals surface area contributed by atoms with Crippen molar-refractivity contribution in [2.45, 2.75) is 63.8 Å². The molecule has 1 saturated carbocycles. The van der Waals surface area contributed by atoms with E-state index in [9.17, 15) is 0 Å². The number of fused-ring (bicyclic) bond motifs is 1. The smallest absolute Gasteiger partial charge is 0.0323 e. The Bertz CT molecular complexity index is 404. The fourth-order valence-electron chi connectivity index (χ4n) is 3.73. The van der Waals surface area contributed by atoms with Crippen LogP contribution in [0.4, 0.5) is 0 Å². The Kier molecular flexibility index (Phi) is 3.69. The lowest BCUT2D eigenvalue weighted by Gasteiger charge is -2.28. The Labute approximate surface area is 111 Å². The third-order valence-electron chi connectivity index (χ3n) is 4.92. The summed E-state index contributed by atoms with van der Waals surface area (Å²) in [5.74, 6) is 0.723. The number of rotatable bonds is 2. The molecule has 1 aromatic rings. The van der Waals surface area contributed by atoms with Gasteiger partial charge in [0.2, 0.25) is 0 Å². The molecule has 0 saturated heterocycles. The molecule has 1 atom stereocenters. The van der Waals surface area contributed by atoms with Crippen molar-refractivity contribution in [1.29, 1.82) is 0 Å². The van der Waals surface area contributed by atoms with Crippen molar-refractivity contribution in [3.63, 3.8) is 0 Å². The van der Waals surface area contributed by atoms with Gasteiger partial charge in [0.1, 0.15) is 0 Å². The van der Waals surface area contributed by atoms with Crippen LogP contribution in [-0.2, 0) is 12.8 Å².